The number of carbonyl (C=O) groups is 1. The Kier molecular flexibility index (Phi) is 8.90. The van der Waals surface area contributed by atoms with Gasteiger partial charge in [-0.1, -0.05) is 60.4 Å². The second-order valence-electron chi connectivity index (χ2n) is 7.66. The molecule has 4 rings (SSSR count). The standard InChI is InChI=1S/C27H24BrNO5S2/c1-3-32-23-13-19(14-24-26(30)29-27(35)36-24)11-20(28)25(23)34-16-18-9-10-21(22(12-18)31-2)33-15-17-7-5-4-6-8-17/h4-14H,3,15-16H2,1-2H3,(H,29,30,35)/b24-14+. The van der Waals surface area contributed by atoms with Crippen LogP contribution in [0.5, 0.6) is 23.0 Å². The van der Waals surface area contributed by atoms with Gasteiger partial charge in [-0.15, -0.1) is 0 Å². The van der Waals surface area contributed by atoms with E-state index in [1.807, 2.05) is 67.6 Å². The summed E-state index contributed by atoms with van der Waals surface area (Å²) >= 11 is 9.89. The van der Waals surface area contributed by atoms with E-state index in [9.17, 15) is 4.79 Å². The zero-order valence-electron chi connectivity index (χ0n) is 19.7. The molecule has 6 nitrogen and oxygen atoms in total. The lowest BCUT2D eigenvalue weighted by atomic mass is 10.1. The second kappa shape index (κ2) is 12.3. The molecule has 1 fully saturated rings. The van der Waals surface area contributed by atoms with Gasteiger partial charge < -0.3 is 24.3 Å². The molecule has 0 aliphatic carbocycles. The topological polar surface area (TPSA) is 66.0 Å². The molecule has 1 heterocycles. The summed E-state index contributed by atoms with van der Waals surface area (Å²) in [4.78, 5) is 12.6. The van der Waals surface area contributed by atoms with Crippen molar-refractivity contribution in [3.8, 4) is 23.0 Å². The molecular formula is C27H24BrNO5S2. The number of hydrogen-bond donors (Lipinski definition) is 1. The summed E-state index contributed by atoms with van der Waals surface area (Å²) < 4.78 is 24.6. The number of thiocarbonyl (C=S) groups is 1. The van der Waals surface area contributed by atoms with Crippen molar-refractivity contribution in [3.05, 3.63) is 86.7 Å². The van der Waals surface area contributed by atoms with Crippen molar-refractivity contribution in [1.29, 1.82) is 0 Å². The molecule has 0 radical (unpaired) electrons. The lowest BCUT2D eigenvalue weighted by Gasteiger charge is -2.16. The van der Waals surface area contributed by atoms with Gasteiger partial charge in [0.05, 0.1) is 23.1 Å². The Bertz CT molecular complexity index is 1300. The Morgan fingerprint density at radius 3 is 2.42 bits per heavy atom. The molecule has 0 spiro atoms. The first-order chi connectivity index (χ1) is 17.5. The van der Waals surface area contributed by atoms with Crippen molar-refractivity contribution in [2.45, 2.75) is 20.1 Å². The number of amides is 1. The van der Waals surface area contributed by atoms with Gasteiger partial charge in [-0.25, -0.2) is 0 Å². The Labute approximate surface area is 228 Å². The first-order valence-corrected chi connectivity index (χ1v) is 13.2. The minimum atomic E-state index is -0.204. The van der Waals surface area contributed by atoms with Crippen LogP contribution in [0.2, 0.25) is 0 Å². The number of halogens is 1. The maximum absolute atomic E-state index is 12.0. The normalized spacial score (nSPS) is 14.0. The molecule has 1 N–H and O–H groups in total. The third-order valence-electron chi connectivity index (χ3n) is 5.12. The number of carbonyl (C=O) groups excluding carboxylic acids is 1. The minimum Gasteiger partial charge on any atom is -0.493 e. The number of methoxy groups -OCH3 is 1. The number of hydrogen-bond acceptors (Lipinski definition) is 7. The highest BCUT2D eigenvalue weighted by Gasteiger charge is 2.22. The zero-order chi connectivity index (χ0) is 25.5. The van der Waals surface area contributed by atoms with Crippen LogP contribution in [0.15, 0.2) is 70.0 Å². The van der Waals surface area contributed by atoms with E-state index in [0.29, 0.717) is 56.5 Å². The average Bonchev–Trinajstić information content (AvgIpc) is 3.19. The van der Waals surface area contributed by atoms with Crippen molar-refractivity contribution >= 4 is 56.2 Å². The third kappa shape index (κ3) is 6.60. The van der Waals surface area contributed by atoms with Crippen LogP contribution in [0.3, 0.4) is 0 Å². The second-order valence-corrected chi connectivity index (χ2v) is 10.2. The van der Waals surface area contributed by atoms with Crippen molar-refractivity contribution < 1.29 is 23.7 Å². The van der Waals surface area contributed by atoms with E-state index in [0.717, 1.165) is 16.7 Å². The fraction of sp³-hybridized carbons (Fsp3) is 0.185. The van der Waals surface area contributed by atoms with E-state index in [1.165, 1.54) is 11.8 Å². The molecule has 1 saturated heterocycles. The van der Waals surface area contributed by atoms with Crippen LogP contribution in [-0.2, 0) is 18.0 Å². The third-order valence-corrected chi connectivity index (χ3v) is 6.87. The van der Waals surface area contributed by atoms with Gasteiger partial charge in [0.1, 0.15) is 17.5 Å². The van der Waals surface area contributed by atoms with E-state index in [-0.39, 0.29) is 5.91 Å². The van der Waals surface area contributed by atoms with Crippen LogP contribution in [0, 0.1) is 0 Å². The maximum Gasteiger partial charge on any atom is 0.263 e. The van der Waals surface area contributed by atoms with Gasteiger partial charge in [0, 0.05) is 0 Å². The summed E-state index contributed by atoms with van der Waals surface area (Å²) in [6.07, 6.45) is 1.77. The maximum atomic E-state index is 12.0. The van der Waals surface area contributed by atoms with Crippen molar-refractivity contribution in [1.82, 2.24) is 5.32 Å². The van der Waals surface area contributed by atoms with E-state index in [1.54, 1.807) is 13.2 Å². The Balaban J connectivity index is 1.49. The quantitative estimate of drug-likeness (QED) is 0.215. The lowest BCUT2D eigenvalue weighted by molar-refractivity contribution is -0.115. The van der Waals surface area contributed by atoms with Crippen LogP contribution in [0.4, 0.5) is 0 Å². The number of ether oxygens (including phenoxy) is 4. The molecule has 0 atom stereocenters. The van der Waals surface area contributed by atoms with E-state index in [4.69, 9.17) is 31.2 Å². The molecule has 1 aliphatic rings. The summed E-state index contributed by atoms with van der Waals surface area (Å²) in [6.45, 7) is 3.11. The summed E-state index contributed by atoms with van der Waals surface area (Å²) in [5.41, 5.74) is 2.78. The summed E-state index contributed by atoms with van der Waals surface area (Å²) in [6, 6.07) is 19.4. The van der Waals surface area contributed by atoms with E-state index >= 15 is 0 Å². The van der Waals surface area contributed by atoms with Crippen LogP contribution < -0.4 is 24.3 Å². The van der Waals surface area contributed by atoms with Crippen LogP contribution in [0.25, 0.3) is 6.08 Å². The molecule has 0 bridgehead atoms. The average molecular weight is 587 g/mol. The molecule has 36 heavy (non-hydrogen) atoms. The van der Waals surface area contributed by atoms with E-state index < -0.39 is 0 Å². The highest BCUT2D eigenvalue weighted by molar-refractivity contribution is 9.10. The van der Waals surface area contributed by atoms with Gasteiger partial charge in [0.25, 0.3) is 5.91 Å². The molecule has 1 aliphatic heterocycles. The molecule has 3 aromatic rings. The smallest absolute Gasteiger partial charge is 0.263 e. The van der Waals surface area contributed by atoms with Gasteiger partial charge in [0.15, 0.2) is 23.0 Å². The van der Waals surface area contributed by atoms with Crippen LogP contribution in [-0.4, -0.2) is 23.9 Å². The molecular weight excluding hydrogens is 562 g/mol. The minimum absolute atomic E-state index is 0.204. The van der Waals surface area contributed by atoms with Crippen LogP contribution in [0.1, 0.15) is 23.6 Å². The molecule has 1 amide bonds. The fourth-order valence-electron chi connectivity index (χ4n) is 3.46. The van der Waals surface area contributed by atoms with E-state index in [2.05, 4.69) is 21.2 Å². The monoisotopic (exact) mass is 585 g/mol. The Hall–Kier alpha value is -3.01. The summed E-state index contributed by atoms with van der Waals surface area (Å²) in [7, 11) is 1.61. The summed E-state index contributed by atoms with van der Waals surface area (Å²) in [5.74, 6) is 2.22. The summed E-state index contributed by atoms with van der Waals surface area (Å²) in [5, 5.41) is 2.62. The molecule has 186 valence electrons. The van der Waals surface area contributed by atoms with Gasteiger partial charge in [-0.3, -0.25) is 4.79 Å². The molecule has 3 aromatic carbocycles. The fourth-order valence-corrected chi connectivity index (χ4v) is 5.08. The lowest BCUT2D eigenvalue weighted by Crippen LogP contribution is -2.17. The van der Waals surface area contributed by atoms with Gasteiger partial charge in [-0.2, -0.15) is 0 Å². The predicted molar refractivity (Wildman–Crippen MR) is 150 cm³/mol. The van der Waals surface area contributed by atoms with Gasteiger partial charge >= 0.3 is 0 Å². The number of thioether (sulfide) groups is 1. The number of nitrogens with one attached hydrogen (secondary N) is 1. The van der Waals surface area contributed by atoms with Crippen LogP contribution >= 0.6 is 39.9 Å². The van der Waals surface area contributed by atoms with Crippen molar-refractivity contribution in [2.24, 2.45) is 0 Å². The highest BCUT2D eigenvalue weighted by Crippen LogP contribution is 2.39. The van der Waals surface area contributed by atoms with Crippen molar-refractivity contribution in [2.75, 3.05) is 13.7 Å². The molecule has 0 saturated carbocycles. The van der Waals surface area contributed by atoms with Gasteiger partial charge in [0.2, 0.25) is 0 Å². The number of rotatable bonds is 10. The predicted octanol–water partition coefficient (Wildman–Crippen LogP) is 6.50. The first-order valence-electron chi connectivity index (χ1n) is 11.1. The highest BCUT2D eigenvalue weighted by atomic mass is 79.9. The number of benzene rings is 3. The Morgan fingerprint density at radius 1 is 0.944 bits per heavy atom. The molecule has 0 unspecified atom stereocenters. The molecule has 9 heteroatoms. The zero-order valence-corrected chi connectivity index (χ0v) is 22.9. The first kappa shape index (κ1) is 26.1. The largest absolute Gasteiger partial charge is 0.493 e. The molecule has 0 aromatic heterocycles. The Morgan fingerprint density at radius 2 is 1.72 bits per heavy atom. The SMILES string of the molecule is CCOc1cc(/C=C2/SC(=S)NC2=O)cc(Br)c1OCc1ccc(OCc2ccccc2)c(OC)c1. The van der Waals surface area contributed by atoms with Crippen molar-refractivity contribution in [3.63, 3.8) is 0 Å². The van der Waals surface area contributed by atoms with Gasteiger partial charge in [-0.05, 0) is 69.9 Å².